The summed E-state index contributed by atoms with van der Waals surface area (Å²) in [5.41, 5.74) is 0.793. The molecule has 1 N–H and O–H groups in total. The first kappa shape index (κ1) is 16.5. The number of nitrogens with zero attached hydrogens (tertiary/aromatic N) is 1. The van der Waals surface area contributed by atoms with Gasteiger partial charge in [0, 0.05) is 30.4 Å². The first-order chi connectivity index (χ1) is 10.3. The molecule has 0 fully saturated rings. The second kappa shape index (κ2) is 6.48. The van der Waals surface area contributed by atoms with Crippen molar-refractivity contribution < 1.29 is 13.2 Å². The minimum atomic E-state index is -3.58. The minimum Gasteiger partial charge on any atom is -0.322 e. The molecule has 0 saturated heterocycles. The van der Waals surface area contributed by atoms with Crippen molar-refractivity contribution in [3.63, 3.8) is 0 Å². The summed E-state index contributed by atoms with van der Waals surface area (Å²) in [5, 5.41) is 3.18. The molecule has 0 aromatic heterocycles. The predicted octanol–water partition coefficient (Wildman–Crippen LogP) is 2.84. The van der Waals surface area contributed by atoms with Crippen LogP contribution in [0.15, 0.2) is 53.4 Å². The highest BCUT2D eigenvalue weighted by atomic mass is 35.5. The number of carbonyl (C=O) groups excluding carboxylic acids is 1. The summed E-state index contributed by atoms with van der Waals surface area (Å²) in [4.78, 5) is 12.3. The Morgan fingerprint density at radius 1 is 1.09 bits per heavy atom. The molecule has 22 heavy (non-hydrogen) atoms. The number of amides is 1. The lowest BCUT2D eigenvalue weighted by molar-refractivity contribution is 0.102. The first-order valence-corrected chi connectivity index (χ1v) is 8.22. The summed E-state index contributed by atoms with van der Waals surface area (Å²) < 4.78 is 25.3. The van der Waals surface area contributed by atoms with Gasteiger partial charge in [0.1, 0.15) is 0 Å². The van der Waals surface area contributed by atoms with Crippen molar-refractivity contribution >= 4 is 33.2 Å². The van der Waals surface area contributed by atoms with Gasteiger partial charge in [0.05, 0.1) is 4.90 Å². The molecular formula is C15H15ClN2O3S. The highest BCUT2D eigenvalue weighted by Gasteiger charge is 2.18. The zero-order chi connectivity index (χ0) is 16.3. The Kier molecular flexibility index (Phi) is 4.85. The van der Waals surface area contributed by atoms with E-state index in [0.717, 1.165) is 4.31 Å². The van der Waals surface area contributed by atoms with Gasteiger partial charge in [0.2, 0.25) is 10.0 Å². The summed E-state index contributed by atoms with van der Waals surface area (Å²) in [6.45, 7) is 0. The lowest BCUT2D eigenvalue weighted by atomic mass is 10.2. The highest BCUT2D eigenvalue weighted by molar-refractivity contribution is 7.89. The maximum absolute atomic E-state index is 12.2. The third kappa shape index (κ3) is 3.65. The van der Waals surface area contributed by atoms with Crippen molar-refractivity contribution in [1.82, 2.24) is 4.31 Å². The average molecular weight is 339 g/mol. The second-order valence-corrected chi connectivity index (χ2v) is 7.37. The molecule has 0 saturated carbocycles. The Labute approximate surface area is 134 Å². The van der Waals surface area contributed by atoms with Crippen molar-refractivity contribution in [3.8, 4) is 0 Å². The van der Waals surface area contributed by atoms with E-state index in [0.29, 0.717) is 10.7 Å². The van der Waals surface area contributed by atoms with E-state index in [1.165, 1.54) is 32.3 Å². The third-order valence-corrected chi connectivity index (χ3v) is 5.00. The molecule has 0 aliphatic heterocycles. The van der Waals surface area contributed by atoms with Crippen molar-refractivity contribution in [3.05, 3.63) is 59.1 Å². The van der Waals surface area contributed by atoms with Gasteiger partial charge in [-0.2, -0.15) is 0 Å². The number of hydrogen-bond donors (Lipinski definition) is 1. The van der Waals surface area contributed by atoms with E-state index in [9.17, 15) is 13.2 Å². The fourth-order valence-electron chi connectivity index (χ4n) is 1.78. The highest BCUT2D eigenvalue weighted by Crippen LogP contribution is 2.18. The molecule has 5 nitrogen and oxygen atoms in total. The number of carbonyl (C=O) groups is 1. The van der Waals surface area contributed by atoms with Crippen molar-refractivity contribution in [2.24, 2.45) is 0 Å². The van der Waals surface area contributed by atoms with Crippen LogP contribution >= 0.6 is 11.6 Å². The van der Waals surface area contributed by atoms with E-state index in [4.69, 9.17) is 11.6 Å². The van der Waals surface area contributed by atoms with Gasteiger partial charge in [-0.15, -0.1) is 0 Å². The molecule has 2 rings (SSSR count). The topological polar surface area (TPSA) is 66.5 Å². The van der Waals surface area contributed by atoms with E-state index >= 15 is 0 Å². The monoisotopic (exact) mass is 338 g/mol. The Bertz CT molecular complexity index is 804. The first-order valence-electron chi connectivity index (χ1n) is 6.40. The number of rotatable bonds is 4. The van der Waals surface area contributed by atoms with Crippen LogP contribution in [-0.4, -0.2) is 32.7 Å². The summed E-state index contributed by atoms with van der Waals surface area (Å²) >= 11 is 5.86. The Morgan fingerprint density at radius 2 is 1.77 bits per heavy atom. The number of benzene rings is 2. The van der Waals surface area contributed by atoms with Crippen LogP contribution in [0.1, 0.15) is 10.4 Å². The zero-order valence-corrected chi connectivity index (χ0v) is 13.6. The molecule has 0 aliphatic carbocycles. The molecule has 0 bridgehead atoms. The fourth-order valence-corrected chi connectivity index (χ4v) is 2.92. The van der Waals surface area contributed by atoms with Crippen LogP contribution in [0.25, 0.3) is 0 Å². The lowest BCUT2D eigenvalue weighted by Gasteiger charge is -2.12. The van der Waals surface area contributed by atoms with Crippen molar-refractivity contribution in [2.45, 2.75) is 4.90 Å². The maximum Gasteiger partial charge on any atom is 0.255 e. The SMILES string of the molecule is CN(C)S(=O)(=O)c1cccc(C(=O)Nc2cccc(Cl)c2)c1. The van der Waals surface area contributed by atoms with Crippen molar-refractivity contribution in [1.29, 1.82) is 0 Å². The van der Waals surface area contributed by atoms with Crippen LogP contribution in [0.4, 0.5) is 5.69 Å². The molecular weight excluding hydrogens is 324 g/mol. The van der Waals surface area contributed by atoms with Crippen molar-refractivity contribution in [2.75, 3.05) is 19.4 Å². The minimum absolute atomic E-state index is 0.0660. The van der Waals surface area contributed by atoms with E-state index < -0.39 is 15.9 Å². The molecule has 0 aliphatic rings. The molecule has 2 aromatic rings. The Morgan fingerprint density at radius 3 is 2.41 bits per heavy atom. The smallest absolute Gasteiger partial charge is 0.255 e. The molecule has 0 spiro atoms. The zero-order valence-electron chi connectivity index (χ0n) is 12.1. The Hall–Kier alpha value is -1.89. The van der Waals surface area contributed by atoms with E-state index in [1.54, 1.807) is 30.3 Å². The summed E-state index contributed by atoms with van der Waals surface area (Å²) in [6, 6.07) is 12.6. The lowest BCUT2D eigenvalue weighted by Crippen LogP contribution is -2.22. The van der Waals surface area contributed by atoms with Crippen LogP contribution in [-0.2, 0) is 10.0 Å². The van der Waals surface area contributed by atoms with Gasteiger partial charge in [-0.25, -0.2) is 12.7 Å². The molecule has 0 heterocycles. The standard InChI is InChI=1S/C15H15ClN2O3S/c1-18(2)22(20,21)14-8-3-5-11(9-14)15(19)17-13-7-4-6-12(16)10-13/h3-10H,1-2H3,(H,17,19). The molecule has 0 unspecified atom stereocenters. The number of nitrogens with one attached hydrogen (secondary N) is 1. The molecule has 0 atom stereocenters. The van der Waals surface area contributed by atoms with Crippen LogP contribution in [0.2, 0.25) is 5.02 Å². The number of hydrogen-bond acceptors (Lipinski definition) is 3. The molecule has 7 heteroatoms. The quantitative estimate of drug-likeness (QED) is 0.932. The normalized spacial score (nSPS) is 11.5. The fraction of sp³-hybridized carbons (Fsp3) is 0.133. The summed E-state index contributed by atoms with van der Waals surface area (Å²) in [5.74, 6) is -0.405. The second-order valence-electron chi connectivity index (χ2n) is 4.78. The van der Waals surface area contributed by atoms with Gasteiger partial charge in [-0.1, -0.05) is 23.7 Å². The summed E-state index contributed by atoms with van der Waals surface area (Å²) in [7, 11) is -0.703. The van der Waals surface area contributed by atoms with Gasteiger partial charge < -0.3 is 5.32 Å². The molecule has 0 radical (unpaired) electrons. The maximum atomic E-state index is 12.2. The van der Waals surface area contributed by atoms with E-state index in [1.807, 2.05) is 0 Å². The van der Waals surface area contributed by atoms with E-state index in [-0.39, 0.29) is 10.5 Å². The van der Waals surface area contributed by atoms with E-state index in [2.05, 4.69) is 5.32 Å². The van der Waals surface area contributed by atoms with Gasteiger partial charge >= 0.3 is 0 Å². The van der Waals surface area contributed by atoms with Gasteiger partial charge in [-0.05, 0) is 36.4 Å². The van der Waals surface area contributed by atoms with Crippen LogP contribution in [0.5, 0.6) is 0 Å². The number of halogens is 1. The van der Waals surface area contributed by atoms with Crippen LogP contribution in [0, 0.1) is 0 Å². The van der Waals surface area contributed by atoms with Gasteiger partial charge in [0.15, 0.2) is 0 Å². The Balaban J connectivity index is 2.28. The number of sulfonamides is 1. The van der Waals surface area contributed by atoms with Gasteiger partial charge in [0.25, 0.3) is 5.91 Å². The predicted molar refractivity (Wildman–Crippen MR) is 86.7 cm³/mol. The summed E-state index contributed by atoms with van der Waals surface area (Å²) in [6.07, 6.45) is 0. The van der Waals surface area contributed by atoms with Crippen LogP contribution in [0.3, 0.4) is 0 Å². The average Bonchev–Trinajstić information content (AvgIpc) is 2.47. The molecule has 116 valence electrons. The largest absolute Gasteiger partial charge is 0.322 e. The molecule has 1 amide bonds. The molecule has 2 aromatic carbocycles. The van der Waals surface area contributed by atoms with Gasteiger partial charge in [-0.3, -0.25) is 4.79 Å². The third-order valence-electron chi connectivity index (χ3n) is 2.96. The van der Waals surface area contributed by atoms with Crippen LogP contribution < -0.4 is 5.32 Å². The number of anilines is 1.